The molecule has 4 heteroatoms. The summed E-state index contributed by atoms with van der Waals surface area (Å²) in [4.78, 5) is 16.0. The normalized spacial score (nSPS) is 22.8. The highest BCUT2D eigenvalue weighted by Crippen LogP contribution is 2.26. The Morgan fingerprint density at radius 3 is 3.00 bits per heavy atom. The van der Waals surface area contributed by atoms with Crippen LogP contribution in [0.1, 0.15) is 41.2 Å². The van der Waals surface area contributed by atoms with Crippen LogP contribution in [-0.4, -0.2) is 35.1 Å². The third kappa shape index (κ3) is 3.37. The molecule has 1 amide bonds. The number of amides is 1. The van der Waals surface area contributed by atoms with Crippen LogP contribution in [0.4, 0.5) is 0 Å². The Balaban J connectivity index is 2.09. The summed E-state index contributed by atoms with van der Waals surface area (Å²) in [6.07, 6.45) is 2.16. The molecule has 0 radical (unpaired) electrons. The molecule has 2 unspecified atom stereocenters. The summed E-state index contributed by atoms with van der Waals surface area (Å²) in [5.74, 6) is 6.26. The van der Waals surface area contributed by atoms with Gasteiger partial charge in [0.1, 0.15) is 6.61 Å². The van der Waals surface area contributed by atoms with Gasteiger partial charge < -0.3 is 10.0 Å². The van der Waals surface area contributed by atoms with E-state index in [1.165, 1.54) is 11.3 Å². The molecule has 0 aliphatic carbocycles. The lowest BCUT2D eigenvalue weighted by Crippen LogP contribution is -2.43. The maximum absolute atomic E-state index is 12.4. The number of rotatable bonds is 1. The summed E-state index contributed by atoms with van der Waals surface area (Å²) in [5.41, 5.74) is 0. The predicted octanol–water partition coefficient (Wildman–Crippen LogP) is 2.35. The van der Waals surface area contributed by atoms with Gasteiger partial charge in [-0.25, -0.2) is 0 Å². The first-order chi connectivity index (χ1) is 9.11. The van der Waals surface area contributed by atoms with Crippen LogP contribution in [0.5, 0.6) is 0 Å². The first-order valence-electron chi connectivity index (χ1n) is 6.62. The molecule has 3 nitrogen and oxygen atoms in total. The first-order valence-corrected chi connectivity index (χ1v) is 7.44. The summed E-state index contributed by atoms with van der Waals surface area (Å²) in [5, 5.41) is 8.66. The van der Waals surface area contributed by atoms with Gasteiger partial charge in [-0.3, -0.25) is 4.79 Å². The summed E-state index contributed by atoms with van der Waals surface area (Å²) in [6.45, 7) is 5.05. The summed E-state index contributed by atoms with van der Waals surface area (Å²) in [7, 11) is 0. The quantitative estimate of drug-likeness (QED) is 0.801. The molecule has 0 saturated carbocycles. The zero-order chi connectivity index (χ0) is 13.8. The predicted molar refractivity (Wildman–Crippen MR) is 77.2 cm³/mol. The van der Waals surface area contributed by atoms with Crippen molar-refractivity contribution in [3.8, 4) is 11.8 Å². The molecule has 1 saturated heterocycles. The highest BCUT2D eigenvalue weighted by atomic mass is 32.1. The third-order valence-corrected chi connectivity index (χ3v) is 4.50. The van der Waals surface area contributed by atoms with Crippen LogP contribution in [0, 0.1) is 17.8 Å². The molecule has 0 aromatic carbocycles. The van der Waals surface area contributed by atoms with Gasteiger partial charge in [0.25, 0.3) is 5.91 Å². The van der Waals surface area contributed by atoms with E-state index < -0.39 is 0 Å². The maximum atomic E-state index is 12.4. The van der Waals surface area contributed by atoms with Crippen molar-refractivity contribution in [3.05, 3.63) is 21.9 Å². The van der Waals surface area contributed by atoms with E-state index in [1.807, 2.05) is 17.0 Å². The lowest BCUT2D eigenvalue weighted by Gasteiger charge is -2.36. The molecule has 1 aromatic rings. The van der Waals surface area contributed by atoms with Crippen LogP contribution in [0.2, 0.25) is 0 Å². The monoisotopic (exact) mass is 277 g/mol. The smallest absolute Gasteiger partial charge is 0.264 e. The minimum absolute atomic E-state index is 0.112. The molecule has 2 atom stereocenters. The van der Waals surface area contributed by atoms with E-state index in [1.54, 1.807) is 0 Å². The van der Waals surface area contributed by atoms with Crippen LogP contribution >= 0.6 is 11.3 Å². The molecule has 1 aliphatic heterocycles. The van der Waals surface area contributed by atoms with E-state index in [9.17, 15) is 4.79 Å². The molecule has 1 aromatic heterocycles. The second kappa shape index (κ2) is 6.23. The number of carbonyl (C=O) groups is 1. The minimum atomic E-state index is -0.151. The number of likely N-dealkylation sites (tertiary alicyclic amines) is 1. The van der Waals surface area contributed by atoms with Gasteiger partial charge in [-0.05, 0) is 37.8 Å². The Bertz CT molecular complexity index is 512. The van der Waals surface area contributed by atoms with Crippen LogP contribution < -0.4 is 0 Å². The topological polar surface area (TPSA) is 40.5 Å². The van der Waals surface area contributed by atoms with Crippen molar-refractivity contribution in [1.82, 2.24) is 4.90 Å². The van der Waals surface area contributed by atoms with Crippen molar-refractivity contribution in [2.24, 2.45) is 5.92 Å². The van der Waals surface area contributed by atoms with Gasteiger partial charge in [0.05, 0.1) is 9.75 Å². The van der Waals surface area contributed by atoms with E-state index in [-0.39, 0.29) is 12.5 Å². The summed E-state index contributed by atoms with van der Waals surface area (Å²) >= 11 is 1.40. The molecule has 102 valence electrons. The van der Waals surface area contributed by atoms with E-state index >= 15 is 0 Å². The largest absolute Gasteiger partial charge is 0.384 e. The lowest BCUT2D eigenvalue weighted by atomic mass is 9.93. The lowest BCUT2D eigenvalue weighted by molar-refractivity contribution is 0.0593. The van der Waals surface area contributed by atoms with Crippen LogP contribution in [-0.2, 0) is 0 Å². The number of thiophene rings is 1. The van der Waals surface area contributed by atoms with Gasteiger partial charge in [0, 0.05) is 12.6 Å². The fourth-order valence-electron chi connectivity index (χ4n) is 2.50. The molecule has 0 bridgehead atoms. The average Bonchev–Trinajstić information content (AvgIpc) is 2.84. The minimum Gasteiger partial charge on any atom is -0.384 e. The molecule has 19 heavy (non-hydrogen) atoms. The molecule has 1 fully saturated rings. The number of aliphatic hydroxyl groups is 1. The fourth-order valence-corrected chi connectivity index (χ4v) is 3.33. The standard InChI is InChI=1S/C15H19NO2S/c1-11-7-8-16(12(2)10-11)15(18)14-6-5-13(19-14)4-3-9-17/h5-6,11-12,17H,7-10H2,1-2H3. The maximum Gasteiger partial charge on any atom is 0.264 e. The fraction of sp³-hybridized carbons (Fsp3) is 0.533. The van der Waals surface area contributed by atoms with Gasteiger partial charge in [-0.2, -0.15) is 0 Å². The Morgan fingerprint density at radius 1 is 1.53 bits per heavy atom. The zero-order valence-corrected chi connectivity index (χ0v) is 12.2. The van der Waals surface area contributed by atoms with E-state index in [0.717, 1.165) is 29.1 Å². The molecule has 0 spiro atoms. The number of aliphatic hydroxyl groups excluding tert-OH is 1. The Labute approximate surface area is 118 Å². The molecule has 2 rings (SSSR count). The van der Waals surface area contributed by atoms with E-state index in [4.69, 9.17) is 5.11 Å². The van der Waals surface area contributed by atoms with E-state index in [0.29, 0.717) is 12.0 Å². The van der Waals surface area contributed by atoms with Crippen molar-refractivity contribution >= 4 is 17.2 Å². The van der Waals surface area contributed by atoms with Gasteiger partial charge in [0.15, 0.2) is 0 Å². The van der Waals surface area contributed by atoms with Crippen molar-refractivity contribution in [3.63, 3.8) is 0 Å². The van der Waals surface area contributed by atoms with Gasteiger partial charge in [0.2, 0.25) is 0 Å². The summed E-state index contributed by atoms with van der Waals surface area (Å²) < 4.78 is 0. The molecule has 1 N–H and O–H groups in total. The first kappa shape index (κ1) is 14.1. The van der Waals surface area contributed by atoms with E-state index in [2.05, 4.69) is 25.7 Å². The second-order valence-electron chi connectivity index (χ2n) is 5.10. The van der Waals surface area contributed by atoms with Crippen molar-refractivity contribution in [1.29, 1.82) is 0 Å². The van der Waals surface area contributed by atoms with Crippen LogP contribution in [0.25, 0.3) is 0 Å². The molecule has 1 aliphatic rings. The van der Waals surface area contributed by atoms with Crippen LogP contribution in [0.3, 0.4) is 0 Å². The van der Waals surface area contributed by atoms with Crippen LogP contribution in [0.15, 0.2) is 12.1 Å². The summed E-state index contributed by atoms with van der Waals surface area (Å²) in [6, 6.07) is 3.99. The number of hydrogen-bond acceptors (Lipinski definition) is 3. The van der Waals surface area contributed by atoms with Crippen molar-refractivity contribution in [2.45, 2.75) is 32.7 Å². The van der Waals surface area contributed by atoms with Gasteiger partial charge >= 0.3 is 0 Å². The average molecular weight is 277 g/mol. The molecule has 2 heterocycles. The van der Waals surface area contributed by atoms with Gasteiger partial charge in [-0.15, -0.1) is 11.3 Å². The highest BCUT2D eigenvalue weighted by Gasteiger charge is 2.28. The number of carbonyl (C=O) groups excluding carboxylic acids is 1. The third-order valence-electron chi connectivity index (χ3n) is 3.51. The SMILES string of the molecule is CC1CCN(C(=O)c2ccc(C#CCO)s2)C(C)C1. The van der Waals surface area contributed by atoms with Gasteiger partial charge in [-0.1, -0.05) is 18.8 Å². The Kier molecular flexibility index (Phi) is 4.62. The zero-order valence-electron chi connectivity index (χ0n) is 11.3. The number of hydrogen-bond donors (Lipinski definition) is 1. The highest BCUT2D eigenvalue weighted by molar-refractivity contribution is 7.14. The number of nitrogens with zero attached hydrogens (tertiary/aromatic N) is 1. The second-order valence-corrected chi connectivity index (χ2v) is 6.18. The molecular formula is C15H19NO2S. The van der Waals surface area contributed by atoms with Crippen molar-refractivity contribution in [2.75, 3.05) is 13.2 Å². The Hall–Kier alpha value is -1.31. The molecular weight excluding hydrogens is 258 g/mol. The Morgan fingerprint density at radius 2 is 2.32 bits per heavy atom. The number of piperidine rings is 1. The van der Waals surface area contributed by atoms with Crippen molar-refractivity contribution < 1.29 is 9.90 Å².